The average molecular weight is 333 g/mol. The molecular formula is C9H5FIN3O2. The maximum Gasteiger partial charge on any atom is 0.338 e. The van der Waals surface area contributed by atoms with E-state index in [1.165, 1.54) is 17.1 Å². The van der Waals surface area contributed by atoms with Crippen LogP contribution in [0.2, 0.25) is 0 Å². The van der Waals surface area contributed by atoms with E-state index in [0.717, 1.165) is 9.64 Å². The molecule has 0 aliphatic rings. The highest BCUT2D eigenvalue weighted by atomic mass is 127. The molecule has 2 aromatic rings. The molecule has 0 radical (unpaired) electrons. The molecule has 0 bridgehead atoms. The first-order valence-electron chi connectivity index (χ1n) is 4.18. The number of hydrogen-bond acceptors (Lipinski definition) is 3. The predicted molar refractivity (Wildman–Crippen MR) is 61.0 cm³/mol. The summed E-state index contributed by atoms with van der Waals surface area (Å²) in [5.74, 6) is -2.35. The summed E-state index contributed by atoms with van der Waals surface area (Å²) in [5, 5.41) is 12.6. The highest BCUT2D eigenvalue weighted by Gasteiger charge is 2.16. The molecule has 5 nitrogen and oxygen atoms in total. The van der Waals surface area contributed by atoms with E-state index in [1.807, 2.05) is 22.6 Å². The number of aromatic nitrogens is 3. The van der Waals surface area contributed by atoms with Crippen molar-refractivity contribution in [3.05, 3.63) is 39.6 Å². The topological polar surface area (TPSA) is 68.0 Å². The molecule has 0 saturated carbocycles. The smallest absolute Gasteiger partial charge is 0.338 e. The lowest BCUT2D eigenvalue weighted by Crippen LogP contribution is -2.08. The van der Waals surface area contributed by atoms with E-state index in [-0.39, 0.29) is 5.82 Å². The van der Waals surface area contributed by atoms with Crippen molar-refractivity contribution in [3.8, 4) is 5.82 Å². The van der Waals surface area contributed by atoms with E-state index in [2.05, 4.69) is 10.1 Å². The minimum Gasteiger partial charge on any atom is -0.478 e. The SMILES string of the molecule is O=C(O)c1ccnc(-n2cc(I)cn2)c1F. The second-order valence-corrected chi connectivity index (χ2v) is 4.15. The van der Waals surface area contributed by atoms with E-state index in [4.69, 9.17) is 5.11 Å². The number of hydrogen-bond donors (Lipinski definition) is 1. The van der Waals surface area contributed by atoms with Gasteiger partial charge in [-0.1, -0.05) is 0 Å². The molecule has 82 valence electrons. The highest BCUT2D eigenvalue weighted by Crippen LogP contribution is 2.15. The Balaban J connectivity index is 2.58. The minimum absolute atomic E-state index is 0.122. The fraction of sp³-hybridized carbons (Fsp3) is 0. The first-order valence-corrected chi connectivity index (χ1v) is 5.26. The summed E-state index contributed by atoms with van der Waals surface area (Å²) in [6.07, 6.45) is 4.31. The van der Waals surface area contributed by atoms with Gasteiger partial charge in [0.15, 0.2) is 11.6 Å². The van der Waals surface area contributed by atoms with Crippen LogP contribution in [0.3, 0.4) is 0 Å². The molecule has 0 unspecified atom stereocenters. The monoisotopic (exact) mass is 333 g/mol. The Labute approximate surface area is 103 Å². The fourth-order valence-electron chi connectivity index (χ4n) is 1.17. The molecule has 2 rings (SSSR count). The Morgan fingerprint density at radius 1 is 1.56 bits per heavy atom. The third kappa shape index (κ3) is 1.90. The van der Waals surface area contributed by atoms with Crippen molar-refractivity contribution in [2.45, 2.75) is 0 Å². The maximum atomic E-state index is 13.7. The lowest BCUT2D eigenvalue weighted by molar-refractivity contribution is 0.0691. The zero-order valence-electron chi connectivity index (χ0n) is 7.76. The van der Waals surface area contributed by atoms with Crippen LogP contribution in [0.4, 0.5) is 4.39 Å². The minimum atomic E-state index is -1.33. The Morgan fingerprint density at radius 2 is 2.31 bits per heavy atom. The van der Waals surface area contributed by atoms with Crippen molar-refractivity contribution in [2.75, 3.05) is 0 Å². The summed E-state index contributed by atoms with van der Waals surface area (Å²) >= 11 is 2.01. The van der Waals surface area contributed by atoms with Gasteiger partial charge in [-0.3, -0.25) is 0 Å². The largest absolute Gasteiger partial charge is 0.478 e. The molecule has 0 spiro atoms. The second-order valence-electron chi connectivity index (χ2n) is 2.90. The van der Waals surface area contributed by atoms with Crippen LogP contribution in [0, 0.1) is 9.39 Å². The van der Waals surface area contributed by atoms with Gasteiger partial charge in [-0.15, -0.1) is 0 Å². The van der Waals surface area contributed by atoms with Crippen LogP contribution in [-0.2, 0) is 0 Å². The first-order chi connectivity index (χ1) is 7.59. The fourth-order valence-corrected chi connectivity index (χ4v) is 1.56. The van der Waals surface area contributed by atoms with E-state index in [0.29, 0.717) is 0 Å². The standard InChI is InChI=1S/C9H5FIN3O2/c10-7-6(9(15)16)1-2-12-8(7)14-4-5(11)3-13-14/h1-4H,(H,15,16). The zero-order valence-corrected chi connectivity index (χ0v) is 9.92. The van der Waals surface area contributed by atoms with Gasteiger partial charge < -0.3 is 5.11 Å². The number of carbonyl (C=O) groups is 1. The molecule has 2 aromatic heterocycles. The molecule has 0 fully saturated rings. The molecule has 0 aliphatic heterocycles. The van der Waals surface area contributed by atoms with Crippen LogP contribution in [-0.4, -0.2) is 25.8 Å². The molecule has 0 atom stereocenters. The van der Waals surface area contributed by atoms with Crippen LogP contribution in [0.5, 0.6) is 0 Å². The van der Waals surface area contributed by atoms with Crippen molar-refractivity contribution in [1.29, 1.82) is 0 Å². The van der Waals surface area contributed by atoms with Crippen LogP contribution >= 0.6 is 22.6 Å². The maximum absolute atomic E-state index is 13.7. The molecular weight excluding hydrogens is 328 g/mol. The van der Waals surface area contributed by atoms with Gasteiger partial charge in [-0.2, -0.15) is 5.10 Å². The molecule has 2 heterocycles. The number of carboxylic acids is 1. The molecule has 16 heavy (non-hydrogen) atoms. The third-order valence-corrected chi connectivity index (χ3v) is 2.43. The van der Waals surface area contributed by atoms with Gasteiger partial charge in [-0.05, 0) is 28.7 Å². The van der Waals surface area contributed by atoms with Gasteiger partial charge in [0.25, 0.3) is 0 Å². The highest BCUT2D eigenvalue weighted by molar-refractivity contribution is 14.1. The van der Waals surface area contributed by atoms with E-state index >= 15 is 0 Å². The first kappa shape index (κ1) is 11.0. The summed E-state index contributed by atoms with van der Waals surface area (Å²) in [7, 11) is 0. The third-order valence-electron chi connectivity index (χ3n) is 1.87. The predicted octanol–water partition coefficient (Wildman–Crippen LogP) is 1.71. The Morgan fingerprint density at radius 3 is 2.88 bits per heavy atom. The van der Waals surface area contributed by atoms with Crippen molar-refractivity contribution in [3.63, 3.8) is 0 Å². The normalized spacial score (nSPS) is 10.4. The molecule has 0 saturated heterocycles. The van der Waals surface area contributed by atoms with Crippen molar-refractivity contribution in [1.82, 2.24) is 14.8 Å². The summed E-state index contributed by atoms with van der Waals surface area (Å²) in [6, 6.07) is 1.11. The molecule has 0 aliphatic carbocycles. The summed E-state index contributed by atoms with van der Waals surface area (Å²) in [4.78, 5) is 14.5. The summed E-state index contributed by atoms with van der Waals surface area (Å²) in [6.45, 7) is 0. The lowest BCUT2D eigenvalue weighted by atomic mass is 10.2. The quantitative estimate of drug-likeness (QED) is 0.850. The number of halogens is 2. The van der Waals surface area contributed by atoms with Gasteiger partial charge in [0.2, 0.25) is 0 Å². The van der Waals surface area contributed by atoms with Gasteiger partial charge >= 0.3 is 5.97 Å². The Hall–Kier alpha value is -1.51. The van der Waals surface area contributed by atoms with E-state index < -0.39 is 17.3 Å². The average Bonchev–Trinajstić information content (AvgIpc) is 2.64. The van der Waals surface area contributed by atoms with Crippen LogP contribution in [0.15, 0.2) is 24.7 Å². The number of aromatic carboxylic acids is 1. The number of nitrogens with zero attached hydrogens (tertiary/aromatic N) is 3. The Bertz CT molecular complexity index is 555. The van der Waals surface area contributed by atoms with Gasteiger partial charge in [0.05, 0.1) is 9.77 Å². The lowest BCUT2D eigenvalue weighted by Gasteiger charge is -2.03. The van der Waals surface area contributed by atoms with Crippen molar-refractivity contribution >= 4 is 28.6 Å². The summed E-state index contributed by atoms with van der Waals surface area (Å²) < 4.78 is 15.7. The van der Waals surface area contributed by atoms with E-state index in [1.54, 1.807) is 6.20 Å². The number of carboxylic acid groups (broad SMARTS) is 1. The summed E-state index contributed by atoms with van der Waals surface area (Å²) in [5.41, 5.74) is -0.421. The molecule has 0 amide bonds. The molecule has 0 aromatic carbocycles. The van der Waals surface area contributed by atoms with Crippen LogP contribution in [0.25, 0.3) is 5.82 Å². The Kier molecular flexibility index (Phi) is 2.86. The molecule has 1 N–H and O–H groups in total. The van der Waals surface area contributed by atoms with Gasteiger partial charge in [-0.25, -0.2) is 18.9 Å². The van der Waals surface area contributed by atoms with Crippen molar-refractivity contribution < 1.29 is 14.3 Å². The van der Waals surface area contributed by atoms with Gasteiger partial charge in [0.1, 0.15) is 5.56 Å². The zero-order chi connectivity index (χ0) is 11.7. The number of rotatable bonds is 2. The van der Waals surface area contributed by atoms with Crippen molar-refractivity contribution in [2.24, 2.45) is 0 Å². The van der Waals surface area contributed by atoms with E-state index in [9.17, 15) is 9.18 Å². The van der Waals surface area contributed by atoms with Gasteiger partial charge in [0, 0.05) is 12.4 Å². The number of pyridine rings is 1. The second kappa shape index (κ2) is 4.16. The molecule has 7 heteroatoms. The van der Waals surface area contributed by atoms with Crippen LogP contribution < -0.4 is 0 Å². The van der Waals surface area contributed by atoms with Crippen LogP contribution in [0.1, 0.15) is 10.4 Å².